The molecule has 154 valence electrons. The van der Waals surface area contributed by atoms with Crippen LogP contribution in [0.25, 0.3) is 0 Å². The Bertz CT molecular complexity index is 943. The molecule has 4 nitrogen and oxygen atoms in total. The first-order chi connectivity index (χ1) is 14.8. The minimum absolute atomic E-state index is 0.0225. The number of piperidine rings is 1. The minimum Gasteiger partial charge on any atom is -0.457 e. The Hall–Kier alpha value is -3.11. The van der Waals surface area contributed by atoms with Crippen LogP contribution in [-0.4, -0.2) is 30.5 Å². The van der Waals surface area contributed by atoms with E-state index in [1.54, 1.807) is 0 Å². The summed E-state index contributed by atoms with van der Waals surface area (Å²) in [5.41, 5.74) is 1.78. The van der Waals surface area contributed by atoms with Gasteiger partial charge in [0.25, 0.3) is 5.91 Å². The minimum atomic E-state index is 0.0225. The van der Waals surface area contributed by atoms with E-state index in [-0.39, 0.29) is 5.91 Å². The second-order valence-corrected chi connectivity index (χ2v) is 7.67. The SMILES string of the molecule is O=C(c1ccccc1Oc1ccccc1)N1CCCC(COCc2ccccc2)C1. The number of hydrogen-bond acceptors (Lipinski definition) is 3. The third-order valence-corrected chi connectivity index (χ3v) is 5.36. The summed E-state index contributed by atoms with van der Waals surface area (Å²) in [5.74, 6) is 1.70. The Labute approximate surface area is 178 Å². The zero-order chi connectivity index (χ0) is 20.6. The first kappa shape index (κ1) is 20.2. The molecule has 0 aliphatic carbocycles. The highest BCUT2D eigenvalue weighted by molar-refractivity contribution is 5.97. The molecular formula is C26H27NO3. The Morgan fingerprint density at radius 2 is 1.60 bits per heavy atom. The fourth-order valence-electron chi connectivity index (χ4n) is 3.82. The molecule has 4 heteroatoms. The molecule has 3 aromatic carbocycles. The van der Waals surface area contributed by atoms with Gasteiger partial charge in [-0.25, -0.2) is 0 Å². The number of para-hydroxylation sites is 2. The van der Waals surface area contributed by atoms with E-state index in [0.29, 0.717) is 37.0 Å². The Morgan fingerprint density at radius 3 is 2.40 bits per heavy atom. The predicted octanol–water partition coefficient (Wildman–Crippen LogP) is 5.55. The molecule has 0 bridgehead atoms. The van der Waals surface area contributed by atoms with Crippen molar-refractivity contribution in [1.29, 1.82) is 0 Å². The van der Waals surface area contributed by atoms with E-state index in [0.717, 1.165) is 25.1 Å². The van der Waals surface area contributed by atoms with Crippen LogP contribution in [0.3, 0.4) is 0 Å². The molecule has 0 aromatic heterocycles. The first-order valence-corrected chi connectivity index (χ1v) is 10.5. The van der Waals surface area contributed by atoms with Crippen LogP contribution in [-0.2, 0) is 11.3 Å². The standard InChI is InChI=1S/C26H27NO3/c28-26(24-15-7-8-16-25(24)30-23-13-5-2-6-14-23)27-17-9-12-22(18-27)20-29-19-21-10-3-1-4-11-21/h1-8,10-11,13-16,22H,9,12,17-20H2. The summed E-state index contributed by atoms with van der Waals surface area (Å²) in [7, 11) is 0. The van der Waals surface area contributed by atoms with Crippen molar-refractivity contribution in [1.82, 2.24) is 4.90 Å². The monoisotopic (exact) mass is 401 g/mol. The number of carbonyl (C=O) groups excluding carboxylic acids is 1. The smallest absolute Gasteiger partial charge is 0.257 e. The third-order valence-electron chi connectivity index (χ3n) is 5.36. The molecule has 0 spiro atoms. The van der Waals surface area contributed by atoms with E-state index >= 15 is 0 Å². The molecule has 1 aliphatic rings. The number of ether oxygens (including phenoxy) is 2. The third kappa shape index (κ3) is 5.28. The molecule has 1 atom stereocenters. The van der Waals surface area contributed by atoms with Crippen LogP contribution in [0.2, 0.25) is 0 Å². The van der Waals surface area contributed by atoms with Gasteiger partial charge in [-0.05, 0) is 48.6 Å². The van der Waals surface area contributed by atoms with Gasteiger partial charge in [-0.3, -0.25) is 4.79 Å². The number of hydrogen-bond donors (Lipinski definition) is 0. The second-order valence-electron chi connectivity index (χ2n) is 7.67. The zero-order valence-electron chi connectivity index (χ0n) is 17.1. The summed E-state index contributed by atoms with van der Waals surface area (Å²) >= 11 is 0. The van der Waals surface area contributed by atoms with Crippen molar-refractivity contribution in [2.45, 2.75) is 19.4 Å². The largest absolute Gasteiger partial charge is 0.457 e. The molecule has 30 heavy (non-hydrogen) atoms. The van der Waals surface area contributed by atoms with Crippen LogP contribution in [0.5, 0.6) is 11.5 Å². The average Bonchev–Trinajstić information content (AvgIpc) is 2.81. The van der Waals surface area contributed by atoms with E-state index in [4.69, 9.17) is 9.47 Å². The highest BCUT2D eigenvalue weighted by Crippen LogP contribution is 2.28. The molecule has 1 saturated heterocycles. The van der Waals surface area contributed by atoms with Gasteiger partial charge in [0.2, 0.25) is 0 Å². The van der Waals surface area contributed by atoms with Crippen molar-refractivity contribution < 1.29 is 14.3 Å². The van der Waals surface area contributed by atoms with Crippen molar-refractivity contribution in [2.75, 3.05) is 19.7 Å². The van der Waals surface area contributed by atoms with Crippen molar-refractivity contribution in [3.63, 3.8) is 0 Å². The topological polar surface area (TPSA) is 38.8 Å². The maximum Gasteiger partial charge on any atom is 0.257 e. The van der Waals surface area contributed by atoms with Gasteiger partial charge >= 0.3 is 0 Å². The summed E-state index contributed by atoms with van der Waals surface area (Å²) < 4.78 is 11.9. The molecular weight excluding hydrogens is 374 g/mol. The molecule has 1 unspecified atom stereocenters. The van der Waals surface area contributed by atoms with Crippen LogP contribution in [0.15, 0.2) is 84.9 Å². The van der Waals surface area contributed by atoms with Crippen LogP contribution in [0, 0.1) is 5.92 Å². The lowest BCUT2D eigenvalue weighted by atomic mass is 9.98. The number of likely N-dealkylation sites (tertiary alicyclic amines) is 1. The summed E-state index contributed by atoms with van der Waals surface area (Å²) in [6.07, 6.45) is 2.08. The van der Waals surface area contributed by atoms with E-state index in [9.17, 15) is 4.79 Å². The fraction of sp³-hybridized carbons (Fsp3) is 0.269. The lowest BCUT2D eigenvalue weighted by molar-refractivity contribution is 0.0424. The summed E-state index contributed by atoms with van der Waals surface area (Å²) in [5, 5.41) is 0. The molecule has 1 heterocycles. The van der Waals surface area contributed by atoms with Gasteiger partial charge in [-0.2, -0.15) is 0 Å². The van der Waals surface area contributed by atoms with Crippen LogP contribution in [0.4, 0.5) is 0 Å². The molecule has 1 fully saturated rings. The average molecular weight is 402 g/mol. The van der Waals surface area contributed by atoms with E-state index in [1.807, 2.05) is 77.7 Å². The maximum absolute atomic E-state index is 13.3. The molecule has 0 N–H and O–H groups in total. The predicted molar refractivity (Wildman–Crippen MR) is 118 cm³/mol. The van der Waals surface area contributed by atoms with Gasteiger partial charge in [0.05, 0.1) is 18.8 Å². The molecule has 0 saturated carbocycles. The number of benzene rings is 3. The normalized spacial score (nSPS) is 16.3. The highest BCUT2D eigenvalue weighted by Gasteiger charge is 2.26. The second kappa shape index (κ2) is 10.1. The fourth-order valence-corrected chi connectivity index (χ4v) is 3.82. The molecule has 4 rings (SSSR count). The molecule has 0 radical (unpaired) electrons. The van der Waals surface area contributed by atoms with Crippen molar-refractivity contribution in [2.24, 2.45) is 5.92 Å². The van der Waals surface area contributed by atoms with Crippen LogP contribution < -0.4 is 4.74 Å². The summed E-state index contributed by atoms with van der Waals surface area (Å²) in [6, 6.07) is 27.2. The first-order valence-electron chi connectivity index (χ1n) is 10.5. The number of rotatable bonds is 7. The van der Waals surface area contributed by atoms with Gasteiger partial charge in [0, 0.05) is 13.1 Å². The van der Waals surface area contributed by atoms with Gasteiger partial charge in [0.1, 0.15) is 11.5 Å². The van der Waals surface area contributed by atoms with Crippen molar-refractivity contribution in [3.8, 4) is 11.5 Å². The van der Waals surface area contributed by atoms with Crippen LogP contribution in [0.1, 0.15) is 28.8 Å². The maximum atomic E-state index is 13.3. The Morgan fingerprint density at radius 1 is 0.900 bits per heavy atom. The molecule has 1 amide bonds. The van der Waals surface area contributed by atoms with Crippen molar-refractivity contribution in [3.05, 3.63) is 96.1 Å². The van der Waals surface area contributed by atoms with Gasteiger partial charge in [-0.1, -0.05) is 60.7 Å². The van der Waals surface area contributed by atoms with E-state index < -0.39 is 0 Å². The van der Waals surface area contributed by atoms with Crippen molar-refractivity contribution >= 4 is 5.91 Å². The molecule has 1 aliphatic heterocycles. The number of nitrogens with zero attached hydrogens (tertiary/aromatic N) is 1. The number of carbonyl (C=O) groups is 1. The number of amides is 1. The highest BCUT2D eigenvalue weighted by atomic mass is 16.5. The lowest BCUT2D eigenvalue weighted by Crippen LogP contribution is -2.41. The summed E-state index contributed by atoms with van der Waals surface area (Å²) in [4.78, 5) is 15.2. The Balaban J connectivity index is 1.37. The summed E-state index contributed by atoms with van der Waals surface area (Å²) in [6.45, 7) is 2.76. The van der Waals surface area contributed by atoms with Crippen LogP contribution >= 0.6 is 0 Å². The van der Waals surface area contributed by atoms with E-state index in [1.165, 1.54) is 5.56 Å². The lowest BCUT2D eigenvalue weighted by Gasteiger charge is -2.33. The van der Waals surface area contributed by atoms with Gasteiger partial charge in [0.15, 0.2) is 0 Å². The van der Waals surface area contributed by atoms with Gasteiger partial charge < -0.3 is 14.4 Å². The molecule has 3 aromatic rings. The quantitative estimate of drug-likeness (QED) is 0.521. The zero-order valence-corrected chi connectivity index (χ0v) is 17.1. The van der Waals surface area contributed by atoms with E-state index in [2.05, 4.69) is 12.1 Å². The Kier molecular flexibility index (Phi) is 6.78. The van der Waals surface area contributed by atoms with Gasteiger partial charge in [-0.15, -0.1) is 0 Å².